The van der Waals surface area contributed by atoms with Gasteiger partial charge < -0.3 is 27.7 Å². The number of hydrogen-bond acceptors (Lipinski definition) is 0. The predicted molar refractivity (Wildman–Crippen MR) is 21.7 cm³/mol. The molecule has 0 amide bonds. The quantitative estimate of drug-likeness (QED) is 0.556. The van der Waals surface area contributed by atoms with Crippen molar-refractivity contribution in [3.8, 4) is 0 Å². The van der Waals surface area contributed by atoms with Crippen LogP contribution in [0, 0.1) is 52.4 Å². The molecule has 0 bridgehead atoms. The van der Waals surface area contributed by atoms with Gasteiger partial charge in [0.2, 0.25) is 0 Å². The minimum absolute atomic E-state index is 0. The molecule has 0 nitrogen and oxygen atoms in total. The van der Waals surface area contributed by atoms with Gasteiger partial charge in [-0.25, -0.2) is 0 Å². The van der Waals surface area contributed by atoms with Crippen molar-refractivity contribution in [3.63, 3.8) is 0 Å². The molecule has 0 aromatic rings. The first-order chi connectivity index (χ1) is 1.41. The molecular formula is C4H9UY-3. The summed E-state index contributed by atoms with van der Waals surface area (Å²) in [4.78, 5) is 0. The van der Waals surface area contributed by atoms with Crippen molar-refractivity contribution < 1.29 is 63.8 Å². The molecule has 2 heteroatoms. The molecule has 6 heavy (non-hydrogen) atoms. The van der Waals surface area contributed by atoms with E-state index in [2.05, 4.69) is 13.8 Å². The third-order valence-electron chi connectivity index (χ3n) is 0. The van der Waals surface area contributed by atoms with Crippen molar-refractivity contribution in [2.24, 2.45) is 0 Å². The van der Waals surface area contributed by atoms with Gasteiger partial charge in [-0.2, -0.15) is 0 Å². The van der Waals surface area contributed by atoms with Gasteiger partial charge in [0.25, 0.3) is 0 Å². The maximum absolute atomic E-state index is 3.38. The fourth-order valence-electron chi connectivity index (χ4n) is 0. The van der Waals surface area contributed by atoms with Crippen LogP contribution in [-0.2, 0) is 32.7 Å². The molecule has 0 N–H and O–H groups in total. The van der Waals surface area contributed by atoms with E-state index in [1.165, 1.54) is 0 Å². The van der Waals surface area contributed by atoms with Crippen molar-refractivity contribution in [3.05, 3.63) is 21.3 Å². The van der Waals surface area contributed by atoms with Crippen molar-refractivity contribution >= 4 is 0 Å². The van der Waals surface area contributed by atoms with Crippen molar-refractivity contribution in [1.82, 2.24) is 0 Å². The summed E-state index contributed by atoms with van der Waals surface area (Å²) in [6.45, 7) is 6.75. The molecule has 0 fully saturated rings. The molecule has 0 atom stereocenters. The van der Waals surface area contributed by atoms with Gasteiger partial charge in [0.15, 0.2) is 0 Å². The van der Waals surface area contributed by atoms with E-state index in [9.17, 15) is 0 Å². The van der Waals surface area contributed by atoms with E-state index in [-0.39, 0.29) is 71.2 Å². The molecule has 0 spiro atoms. The van der Waals surface area contributed by atoms with E-state index in [1.54, 1.807) is 0 Å². The monoisotopic (exact) mass is 384 g/mol. The molecule has 0 unspecified atom stereocenters. The van der Waals surface area contributed by atoms with E-state index in [4.69, 9.17) is 0 Å². The van der Waals surface area contributed by atoms with Crippen LogP contribution < -0.4 is 0 Å². The molecule has 0 aliphatic carbocycles. The molecule has 0 aromatic carbocycles. The normalized spacial score (nSPS) is 3.00. The van der Waals surface area contributed by atoms with Crippen molar-refractivity contribution in [2.75, 3.05) is 0 Å². The van der Waals surface area contributed by atoms with Crippen LogP contribution in [0.25, 0.3) is 0 Å². The van der Waals surface area contributed by atoms with E-state index in [0.29, 0.717) is 0 Å². The van der Waals surface area contributed by atoms with Crippen LogP contribution in [0.1, 0.15) is 6.42 Å². The Kier molecular flexibility index (Phi) is 110. The van der Waals surface area contributed by atoms with Crippen LogP contribution in [0.15, 0.2) is 0 Å². The van der Waals surface area contributed by atoms with Crippen molar-refractivity contribution in [2.45, 2.75) is 6.42 Å². The predicted octanol–water partition coefficient (Wildman–Crippen LogP) is 1.49. The first kappa shape index (κ1) is 24.2. The van der Waals surface area contributed by atoms with Crippen LogP contribution >= 0.6 is 0 Å². The van der Waals surface area contributed by atoms with Gasteiger partial charge in [-0.1, -0.05) is 0 Å². The Morgan fingerprint density at radius 3 is 1.17 bits per heavy atom. The topological polar surface area (TPSA) is 0 Å². The number of rotatable bonds is 0. The molecule has 0 rings (SSSR count). The molecule has 0 saturated carbocycles. The second kappa shape index (κ2) is 27.2. The second-order valence-electron chi connectivity index (χ2n) is 0.354. The van der Waals surface area contributed by atoms with Crippen LogP contribution in [0.4, 0.5) is 0 Å². The molecule has 1 radical (unpaired) electrons. The van der Waals surface area contributed by atoms with Crippen molar-refractivity contribution in [1.29, 1.82) is 0 Å². The fraction of sp³-hybridized carbons (Fsp3) is 0.250. The summed E-state index contributed by atoms with van der Waals surface area (Å²) in [7, 11) is 0. The molecule has 0 aliphatic heterocycles. The van der Waals surface area contributed by atoms with Gasteiger partial charge in [-0.3, -0.25) is 0 Å². The smallest absolute Gasteiger partial charge is 0 e. The third kappa shape index (κ3) is 35.2. The Hall–Kier alpha value is 2.16. The van der Waals surface area contributed by atoms with E-state index >= 15 is 0 Å². The first-order valence-corrected chi connectivity index (χ1v) is 1.000. The average molecular weight is 384 g/mol. The first-order valence-electron chi connectivity index (χ1n) is 1.000. The minimum atomic E-state index is 0. The van der Waals surface area contributed by atoms with Gasteiger partial charge in [-0.05, 0) is 0 Å². The fourth-order valence-corrected chi connectivity index (χ4v) is 0. The molecule has 0 aliphatic rings. The van der Waals surface area contributed by atoms with E-state index in [0.717, 1.165) is 6.42 Å². The maximum atomic E-state index is 3.38. The maximum Gasteiger partial charge on any atom is 0 e. The summed E-state index contributed by atoms with van der Waals surface area (Å²) < 4.78 is 0. The Labute approximate surface area is 90.1 Å². The van der Waals surface area contributed by atoms with Crippen LogP contribution in [0.5, 0.6) is 0 Å². The Morgan fingerprint density at radius 1 is 1.17 bits per heavy atom. The molecule has 0 aromatic heterocycles. The largest absolute Gasteiger partial charge is 0.372 e. The van der Waals surface area contributed by atoms with Crippen LogP contribution in [0.2, 0.25) is 0 Å². The van der Waals surface area contributed by atoms with Crippen LogP contribution in [0.3, 0.4) is 0 Å². The molecular weight excluding hydrogens is 375 g/mol. The molecule has 0 heterocycles. The Bertz CT molecular complexity index is 7.51. The van der Waals surface area contributed by atoms with Gasteiger partial charge in [0, 0.05) is 63.8 Å². The average Bonchev–Trinajstić information content (AvgIpc) is 0.918. The van der Waals surface area contributed by atoms with E-state index in [1.807, 2.05) is 0 Å². The SMILES string of the molecule is [CH2-]C[CH2-].[CH3-].[U].[Y]. The zero-order valence-electron chi connectivity index (χ0n) is 4.20. The summed E-state index contributed by atoms with van der Waals surface area (Å²) in [5.74, 6) is 0. The second-order valence-corrected chi connectivity index (χ2v) is 0.354. The molecule has 0 saturated heterocycles. The summed E-state index contributed by atoms with van der Waals surface area (Å²) in [6.07, 6.45) is 0.750. The zero-order chi connectivity index (χ0) is 2.71. The standard InChI is InChI=1S/C3H6.CH3.U.Y/c1-3-2;;;/h1-3H2;1H3;;/q-2;-1;;. The van der Waals surface area contributed by atoms with Crippen LogP contribution in [-0.4, -0.2) is 0 Å². The summed E-state index contributed by atoms with van der Waals surface area (Å²) in [5.41, 5.74) is 0. The Balaban J connectivity index is -0.00000000667. The van der Waals surface area contributed by atoms with Gasteiger partial charge in [-0.15, -0.1) is 0 Å². The summed E-state index contributed by atoms with van der Waals surface area (Å²) in [5, 5.41) is 0. The third-order valence-corrected chi connectivity index (χ3v) is 0. The Morgan fingerprint density at radius 2 is 1.17 bits per heavy atom. The summed E-state index contributed by atoms with van der Waals surface area (Å²) in [6, 6.07) is 0. The zero-order valence-corrected chi connectivity index (χ0v) is 11.2. The van der Waals surface area contributed by atoms with Gasteiger partial charge in [0.05, 0.1) is 0 Å². The summed E-state index contributed by atoms with van der Waals surface area (Å²) >= 11 is 0. The van der Waals surface area contributed by atoms with E-state index < -0.39 is 0 Å². The molecule has 35 valence electrons. The number of hydrogen-bond donors (Lipinski definition) is 0. The van der Waals surface area contributed by atoms with Gasteiger partial charge in [0.1, 0.15) is 0 Å². The van der Waals surface area contributed by atoms with Gasteiger partial charge >= 0.3 is 0 Å². The minimum Gasteiger partial charge on any atom is -0.372 e.